The van der Waals surface area contributed by atoms with E-state index in [1.165, 1.54) is 6.42 Å². The van der Waals surface area contributed by atoms with Crippen molar-refractivity contribution in [3.63, 3.8) is 0 Å². The van der Waals surface area contributed by atoms with E-state index in [0.29, 0.717) is 5.15 Å². The van der Waals surface area contributed by atoms with Crippen LogP contribution in [0.15, 0.2) is 17.4 Å². The van der Waals surface area contributed by atoms with Gasteiger partial charge < -0.3 is 0 Å². The molecule has 0 spiro atoms. The van der Waals surface area contributed by atoms with Gasteiger partial charge in [0.25, 0.3) is 0 Å². The predicted octanol–water partition coefficient (Wildman–Crippen LogP) is 3.27. The number of hydrogen-bond donors (Lipinski definition) is 0. The number of thioether (sulfide) groups is 1. The van der Waals surface area contributed by atoms with E-state index in [-0.39, 0.29) is 0 Å². The van der Waals surface area contributed by atoms with Crippen molar-refractivity contribution >= 4 is 23.4 Å². The van der Waals surface area contributed by atoms with Crippen molar-refractivity contribution in [2.24, 2.45) is 5.92 Å². The molecule has 0 amide bonds. The maximum Gasteiger partial charge on any atom is 0.148 e. The van der Waals surface area contributed by atoms with Gasteiger partial charge in [0.2, 0.25) is 0 Å². The van der Waals surface area contributed by atoms with Gasteiger partial charge in [-0.3, -0.25) is 4.98 Å². The van der Waals surface area contributed by atoms with E-state index >= 15 is 0 Å². The molecule has 0 saturated carbocycles. The van der Waals surface area contributed by atoms with Gasteiger partial charge in [-0.05, 0) is 18.1 Å². The van der Waals surface area contributed by atoms with Crippen LogP contribution in [-0.4, -0.2) is 15.7 Å². The monoisotopic (exact) mass is 216 g/mol. The molecule has 0 saturated heterocycles. The van der Waals surface area contributed by atoms with Gasteiger partial charge in [-0.1, -0.05) is 25.4 Å². The minimum absolute atomic E-state index is 0.467. The summed E-state index contributed by atoms with van der Waals surface area (Å²) in [4.78, 5) is 8.10. The van der Waals surface area contributed by atoms with E-state index in [0.717, 1.165) is 16.7 Å². The van der Waals surface area contributed by atoms with Crippen LogP contribution in [-0.2, 0) is 0 Å². The highest BCUT2D eigenvalue weighted by atomic mass is 35.5. The Labute approximate surface area is 88.1 Å². The third-order valence-electron chi connectivity index (χ3n) is 1.53. The lowest BCUT2D eigenvalue weighted by atomic mass is 10.2. The summed E-state index contributed by atoms with van der Waals surface area (Å²) in [5, 5.41) is 1.38. The van der Waals surface area contributed by atoms with Gasteiger partial charge in [-0.15, -0.1) is 11.8 Å². The standard InChI is InChI=1S/C9H13ClN2S/c1-7(2)3-4-13-9-6-11-5-8(10)12-9/h5-7H,3-4H2,1-2H3. The Balaban J connectivity index is 2.37. The molecular formula is C9H13ClN2S. The number of aromatic nitrogens is 2. The van der Waals surface area contributed by atoms with Crippen LogP contribution in [0.2, 0.25) is 5.15 Å². The summed E-state index contributed by atoms with van der Waals surface area (Å²) < 4.78 is 0. The van der Waals surface area contributed by atoms with Crippen molar-refractivity contribution in [2.75, 3.05) is 5.75 Å². The summed E-state index contributed by atoms with van der Waals surface area (Å²) in [7, 11) is 0. The number of rotatable bonds is 4. The van der Waals surface area contributed by atoms with E-state index in [4.69, 9.17) is 11.6 Å². The minimum Gasteiger partial charge on any atom is -0.259 e. The molecule has 0 fully saturated rings. The molecule has 1 aromatic rings. The summed E-state index contributed by atoms with van der Waals surface area (Å²) >= 11 is 7.40. The molecule has 0 aliphatic carbocycles. The fraction of sp³-hybridized carbons (Fsp3) is 0.556. The molecule has 0 atom stereocenters. The second-order valence-electron chi connectivity index (χ2n) is 3.21. The number of halogens is 1. The van der Waals surface area contributed by atoms with E-state index in [2.05, 4.69) is 23.8 Å². The average molecular weight is 217 g/mol. The van der Waals surface area contributed by atoms with Crippen molar-refractivity contribution in [3.05, 3.63) is 17.5 Å². The van der Waals surface area contributed by atoms with Crippen LogP contribution < -0.4 is 0 Å². The quantitative estimate of drug-likeness (QED) is 0.723. The van der Waals surface area contributed by atoms with E-state index in [1.54, 1.807) is 24.2 Å². The molecule has 72 valence electrons. The molecule has 0 unspecified atom stereocenters. The third-order valence-corrected chi connectivity index (χ3v) is 2.64. The topological polar surface area (TPSA) is 25.8 Å². The summed E-state index contributed by atoms with van der Waals surface area (Å²) in [6.07, 6.45) is 4.49. The molecule has 1 heterocycles. The van der Waals surface area contributed by atoms with E-state index in [1.807, 2.05) is 0 Å². The Morgan fingerprint density at radius 3 is 2.85 bits per heavy atom. The average Bonchev–Trinajstić information content (AvgIpc) is 2.03. The molecule has 0 aliphatic rings. The van der Waals surface area contributed by atoms with Crippen LogP contribution in [0, 0.1) is 5.92 Å². The van der Waals surface area contributed by atoms with E-state index < -0.39 is 0 Å². The van der Waals surface area contributed by atoms with Crippen molar-refractivity contribution < 1.29 is 0 Å². The molecule has 0 aromatic carbocycles. The van der Waals surface area contributed by atoms with E-state index in [9.17, 15) is 0 Å². The zero-order valence-electron chi connectivity index (χ0n) is 7.83. The van der Waals surface area contributed by atoms with Gasteiger partial charge in [-0.25, -0.2) is 4.98 Å². The van der Waals surface area contributed by atoms with Crippen molar-refractivity contribution in [1.29, 1.82) is 0 Å². The summed E-state index contributed by atoms with van der Waals surface area (Å²) in [5.41, 5.74) is 0. The van der Waals surface area contributed by atoms with Crippen molar-refractivity contribution in [1.82, 2.24) is 9.97 Å². The van der Waals surface area contributed by atoms with Crippen molar-refractivity contribution in [3.8, 4) is 0 Å². The summed E-state index contributed by atoms with van der Waals surface area (Å²) in [6, 6.07) is 0. The molecule has 4 heteroatoms. The molecule has 13 heavy (non-hydrogen) atoms. The second-order valence-corrected chi connectivity index (χ2v) is 4.71. The normalized spacial score (nSPS) is 10.8. The molecule has 0 N–H and O–H groups in total. The lowest BCUT2D eigenvalue weighted by molar-refractivity contribution is 0.632. The Hall–Kier alpha value is -0.280. The molecule has 2 nitrogen and oxygen atoms in total. The van der Waals surface area contributed by atoms with Crippen LogP contribution in [0.4, 0.5) is 0 Å². The van der Waals surface area contributed by atoms with Gasteiger partial charge in [0.1, 0.15) is 10.2 Å². The Morgan fingerprint density at radius 1 is 1.46 bits per heavy atom. The Bertz CT molecular complexity index is 266. The van der Waals surface area contributed by atoms with Crippen molar-refractivity contribution in [2.45, 2.75) is 25.3 Å². The fourth-order valence-electron chi connectivity index (χ4n) is 0.794. The molecule has 0 radical (unpaired) electrons. The molecule has 0 aliphatic heterocycles. The first kappa shape index (κ1) is 10.8. The van der Waals surface area contributed by atoms with Crippen LogP contribution in [0.3, 0.4) is 0 Å². The summed E-state index contributed by atoms with van der Waals surface area (Å²) in [6.45, 7) is 4.43. The lowest BCUT2D eigenvalue weighted by Gasteiger charge is -2.03. The first-order valence-electron chi connectivity index (χ1n) is 4.29. The lowest BCUT2D eigenvalue weighted by Crippen LogP contribution is -1.90. The maximum atomic E-state index is 5.70. The highest BCUT2D eigenvalue weighted by molar-refractivity contribution is 7.99. The smallest absolute Gasteiger partial charge is 0.148 e. The third kappa shape index (κ3) is 4.48. The SMILES string of the molecule is CC(C)CCSc1cncc(Cl)n1. The highest BCUT2D eigenvalue weighted by Crippen LogP contribution is 2.18. The Kier molecular flexibility index (Phi) is 4.53. The zero-order chi connectivity index (χ0) is 9.68. The van der Waals surface area contributed by atoms with Gasteiger partial charge >= 0.3 is 0 Å². The van der Waals surface area contributed by atoms with Gasteiger partial charge in [0, 0.05) is 0 Å². The maximum absolute atomic E-state index is 5.70. The van der Waals surface area contributed by atoms with Gasteiger partial charge in [0.15, 0.2) is 0 Å². The molecule has 0 bridgehead atoms. The molecular weight excluding hydrogens is 204 g/mol. The zero-order valence-corrected chi connectivity index (χ0v) is 9.40. The minimum atomic E-state index is 0.467. The fourth-order valence-corrected chi connectivity index (χ4v) is 2.09. The Morgan fingerprint density at radius 2 is 2.23 bits per heavy atom. The second kappa shape index (κ2) is 5.45. The van der Waals surface area contributed by atoms with Gasteiger partial charge in [-0.2, -0.15) is 0 Å². The van der Waals surface area contributed by atoms with Crippen LogP contribution >= 0.6 is 23.4 Å². The van der Waals surface area contributed by atoms with Gasteiger partial charge in [0.05, 0.1) is 12.4 Å². The molecule has 1 aromatic heterocycles. The predicted molar refractivity (Wildman–Crippen MR) is 57.2 cm³/mol. The highest BCUT2D eigenvalue weighted by Gasteiger charge is 1.99. The molecule has 1 rings (SSSR count). The van der Waals surface area contributed by atoms with Crippen LogP contribution in [0.1, 0.15) is 20.3 Å². The first-order valence-corrected chi connectivity index (χ1v) is 5.65. The largest absolute Gasteiger partial charge is 0.259 e. The van der Waals surface area contributed by atoms with Crippen LogP contribution in [0.5, 0.6) is 0 Å². The number of hydrogen-bond acceptors (Lipinski definition) is 3. The first-order chi connectivity index (χ1) is 6.18. The summed E-state index contributed by atoms with van der Waals surface area (Å²) in [5.74, 6) is 1.81. The van der Waals surface area contributed by atoms with Crippen LogP contribution in [0.25, 0.3) is 0 Å². The number of nitrogens with zero attached hydrogens (tertiary/aromatic N) is 2.